The van der Waals surface area contributed by atoms with Gasteiger partial charge < -0.3 is 15.2 Å². The van der Waals surface area contributed by atoms with Crippen molar-refractivity contribution in [3.05, 3.63) is 40.5 Å². The van der Waals surface area contributed by atoms with Crippen molar-refractivity contribution in [1.82, 2.24) is 9.97 Å². The number of aromatic nitrogens is 2. The second kappa shape index (κ2) is 5.68. The molecule has 1 heterocycles. The van der Waals surface area contributed by atoms with E-state index in [1.807, 2.05) is 24.3 Å². The van der Waals surface area contributed by atoms with Crippen molar-refractivity contribution in [2.45, 2.75) is 6.61 Å². The molecule has 0 amide bonds. The highest BCUT2D eigenvalue weighted by Gasteiger charge is 2.02. The zero-order valence-electron chi connectivity index (χ0n) is 9.76. The summed E-state index contributed by atoms with van der Waals surface area (Å²) in [4.78, 5) is 8.03. The molecular weight excluding hydrogens is 298 g/mol. The van der Waals surface area contributed by atoms with Crippen LogP contribution in [-0.2, 0) is 6.61 Å². The fourth-order valence-corrected chi connectivity index (χ4v) is 1.73. The first-order chi connectivity index (χ1) is 8.67. The van der Waals surface area contributed by atoms with E-state index < -0.39 is 0 Å². The van der Waals surface area contributed by atoms with Crippen molar-refractivity contribution in [3.8, 4) is 11.8 Å². The second-order valence-electron chi connectivity index (χ2n) is 3.53. The lowest BCUT2D eigenvalue weighted by Crippen LogP contribution is -2.01. The summed E-state index contributed by atoms with van der Waals surface area (Å²) in [7, 11) is 1.63. The number of halogens is 1. The van der Waals surface area contributed by atoms with Gasteiger partial charge in [0.25, 0.3) is 0 Å². The largest absolute Gasteiger partial charge is 0.497 e. The summed E-state index contributed by atoms with van der Waals surface area (Å²) in [6.07, 6.45) is 0. The van der Waals surface area contributed by atoms with Gasteiger partial charge in [0.05, 0.1) is 7.11 Å². The lowest BCUT2D eigenvalue weighted by atomic mass is 10.2. The minimum Gasteiger partial charge on any atom is -0.497 e. The van der Waals surface area contributed by atoms with Gasteiger partial charge in [-0.15, -0.1) is 0 Å². The van der Waals surface area contributed by atoms with Gasteiger partial charge in [-0.1, -0.05) is 12.1 Å². The van der Waals surface area contributed by atoms with Gasteiger partial charge in [-0.25, -0.2) is 0 Å². The molecule has 0 fully saturated rings. The van der Waals surface area contributed by atoms with E-state index in [4.69, 9.17) is 15.2 Å². The number of ether oxygens (including phenoxy) is 2. The van der Waals surface area contributed by atoms with Crippen molar-refractivity contribution < 1.29 is 9.47 Å². The van der Waals surface area contributed by atoms with Crippen LogP contribution in [0.15, 0.2) is 34.9 Å². The van der Waals surface area contributed by atoms with Crippen molar-refractivity contribution in [2.75, 3.05) is 12.8 Å². The molecule has 0 spiro atoms. The molecule has 0 atom stereocenters. The number of methoxy groups -OCH3 is 1. The third-order valence-corrected chi connectivity index (χ3v) is 2.63. The van der Waals surface area contributed by atoms with E-state index >= 15 is 0 Å². The number of anilines is 1. The average molecular weight is 310 g/mol. The highest BCUT2D eigenvalue weighted by atomic mass is 79.9. The Bertz CT molecular complexity index is 511. The number of rotatable bonds is 4. The summed E-state index contributed by atoms with van der Waals surface area (Å²) in [6.45, 7) is 0.375. The number of benzene rings is 1. The molecule has 2 aromatic rings. The van der Waals surface area contributed by atoms with Crippen molar-refractivity contribution >= 4 is 21.7 Å². The topological polar surface area (TPSA) is 70.3 Å². The number of hydrogen-bond donors (Lipinski definition) is 1. The first-order valence-electron chi connectivity index (χ1n) is 5.23. The lowest BCUT2D eigenvalue weighted by Gasteiger charge is -2.06. The molecule has 6 heteroatoms. The number of nitrogens with two attached hydrogens (primary N) is 1. The first kappa shape index (κ1) is 12.6. The van der Waals surface area contributed by atoms with Crippen LogP contribution in [0.25, 0.3) is 0 Å². The quantitative estimate of drug-likeness (QED) is 0.878. The molecule has 1 aromatic heterocycles. The number of nitrogens with zero attached hydrogens (tertiary/aromatic N) is 2. The van der Waals surface area contributed by atoms with E-state index in [1.165, 1.54) is 0 Å². The molecule has 2 rings (SSSR count). The van der Waals surface area contributed by atoms with E-state index in [0.717, 1.165) is 11.3 Å². The van der Waals surface area contributed by atoms with Crippen LogP contribution >= 0.6 is 15.9 Å². The molecule has 0 aliphatic carbocycles. The van der Waals surface area contributed by atoms with Crippen LogP contribution < -0.4 is 15.2 Å². The molecule has 0 aliphatic rings. The Labute approximate surface area is 113 Å². The standard InChI is InChI=1S/C12H12BrN3O2/c1-17-9-4-2-8(3-5-9)7-18-12-15-10(13)6-11(14)16-12/h2-6H,7H2,1H3,(H2,14,15,16). The Morgan fingerprint density at radius 2 is 1.94 bits per heavy atom. The SMILES string of the molecule is COc1ccc(COc2nc(N)cc(Br)n2)cc1. The Morgan fingerprint density at radius 3 is 2.56 bits per heavy atom. The zero-order chi connectivity index (χ0) is 13.0. The Balaban J connectivity index is 2.01. The van der Waals surface area contributed by atoms with E-state index in [1.54, 1.807) is 13.2 Å². The molecule has 0 unspecified atom stereocenters. The minimum atomic E-state index is 0.248. The predicted molar refractivity (Wildman–Crippen MR) is 71.5 cm³/mol. The third-order valence-electron chi connectivity index (χ3n) is 2.22. The second-order valence-corrected chi connectivity index (χ2v) is 4.35. The summed E-state index contributed by atoms with van der Waals surface area (Å²) >= 11 is 3.23. The van der Waals surface area contributed by atoms with E-state index in [0.29, 0.717) is 17.0 Å². The van der Waals surface area contributed by atoms with Crippen LogP contribution in [0.1, 0.15) is 5.56 Å². The lowest BCUT2D eigenvalue weighted by molar-refractivity contribution is 0.280. The maximum absolute atomic E-state index is 5.59. The van der Waals surface area contributed by atoms with Gasteiger partial charge >= 0.3 is 6.01 Å². The number of hydrogen-bond acceptors (Lipinski definition) is 5. The predicted octanol–water partition coefficient (Wildman–Crippen LogP) is 2.41. The molecular formula is C12H12BrN3O2. The molecule has 0 saturated carbocycles. The van der Waals surface area contributed by atoms with Gasteiger partial charge in [-0.05, 0) is 33.6 Å². The minimum absolute atomic E-state index is 0.248. The first-order valence-corrected chi connectivity index (χ1v) is 6.02. The Hall–Kier alpha value is -1.82. The highest BCUT2D eigenvalue weighted by molar-refractivity contribution is 9.10. The van der Waals surface area contributed by atoms with Gasteiger partial charge in [0.15, 0.2) is 0 Å². The molecule has 0 bridgehead atoms. The Morgan fingerprint density at radius 1 is 1.22 bits per heavy atom. The zero-order valence-corrected chi connectivity index (χ0v) is 11.3. The van der Waals surface area contributed by atoms with Crippen LogP contribution in [-0.4, -0.2) is 17.1 Å². The fraction of sp³-hybridized carbons (Fsp3) is 0.167. The van der Waals surface area contributed by atoms with E-state index in [2.05, 4.69) is 25.9 Å². The maximum Gasteiger partial charge on any atom is 0.319 e. The molecule has 94 valence electrons. The summed E-state index contributed by atoms with van der Waals surface area (Å²) < 4.78 is 11.1. The summed E-state index contributed by atoms with van der Waals surface area (Å²) in [5.74, 6) is 1.17. The van der Waals surface area contributed by atoms with Gasteiger partial charge in [-0.3, -0.25) is 0 Å². The van der Waals surface area contributed by atoms with Crippen molar-refractivity contribution in [3.63, 3.8) is 0 Å². The third kappa shape index (κ3) is 3.33. The van der Waals surface area contributed by atoms with Gasteiger partial charge in [0.1, 0.15) is 22.8 Å². The molecule has 0 radical (unpaired) electrons. The van der Waals surface area contributed by atoms with Crippen molar-refractivity contribution in [2.24, 2.45) is 0 Å². The molecule has 5 nitrogen and oxygen atoms in total. The van der Waals surface area contributed by atoms with Crippen LogP contribution in [0.2, 0.25) is 0 Å². The monoisotopic (exact) mass is 309 g/mol. The maximum atomic E-state index is 5.59. The summed E-state index contributed by atoms with van der Waals surface area (Å²) in [5.41, 5.74) is 6.59. The number of nitrogen functional groups attached to an aromatic ring is 1. The van der Waals surface area contributed by atoms with Crippen LogP contribution in [0, 0.1) is 0 Å². The van der Waals surface area contributed by atoms with E-state index in [-0.39, 0.29) is 6.01 Å². The Kier molecular flexibility index (Phi) is 3.99. The summed E-state index contributed by atoms with van der Waals surface area (Å²) in [6, 6.07) is 9.43. The molecule has 0 aliphatic heterocycles. The van der Waals surface area contributed by atoms with Crippen LogP contribution in [0.4, 0.5) is 5.82 Å². The van der Waals surface area contributed by atoms with Crippen LogP contribution in [0.3, 0.4) is 0 Å². The van der Waals surface area contributed by atoms with Crippen molar-refractivity contribution in [1.29, 1.82) is 0 Å². The molecule has 2 N–H and O–H groups in total. The van der Waals surface area contributed by atoms with E-state index in [9.17, 15) is 0 Å². The fourth-order valence-electron chi connectivity index (χ4n) is 1.35. The molecule has 18 heavy (non-hydrogen) atoms. The average Bonchev–Trinajstić information content (AvgIpc) is 2.36. The highest BCUT2D eigenvalue weighted by Crippen LogP contribution is 2.16. The smallest absolute Gasteiger partial charge is 0.319 e. The normalized spacial score (nSPS) is 10.1. The van der Waals surface area contributed by atoms with Gasteiger partial charge in [0, 0.05) is 6.07 Å². The van der Waals surface area contributed by atoms with Gasteiger partial charge in [-0.2, -0.15) is 9.97 Å². The van der Waals surface area contributed by atoms with Gasteiger partial charge in [0.2, 0.25) is 0 Å². The summed E-state index contributed by atoms with van der Waals surface area (Å²) in [5, 5.41) is 0. The van der Waals surface area contributed by atoms with Crippen LogP contribution in [0.5, 0.6) is 11.8 Å². The molecule has 0 saturated heterocycles. The molecule has 1 aromatic carbocycles.